The molecule has 28 heavy (non-hydrogen) atoms. The van der Waals surface area contributed by atoms with Crippen molar-refractivity contribution in [2.75, 3.05) is 12.4 Å². The fourth-order valence-corrected chi connectivity index (χ4v) is 3.58. The maximum Gasteiger partial charge on any atom is 0.254 e. The van der Waals surface area contributed by atoms with Gasteiger partial charge in [-0.05, 0) is 31.0 Å². The fourth-order valence-electron chi connectivity index (χ4n) is 3.58. The summed E-state index contributed by atoms with van der Waals surface area (Å²) in [5, 5.41) is 2.79. The summed E-state index contributed by atoms with van der Waals surface area (Å²) in [4.78, 5) is 17.0. The number of carbonyl (C=O) groups excluding carboxylic acids is 1. The molecular formula is C20H23F2N3O3. The molecule has 0 spiro atoms. The minimum Gasteiger partial charge on any atom is -0.493 e. The van der Waals surface area contributed by atoms with Crippen LogP contribution in [0.5, 0.6) is 5.75 Å². The highest BCUT2D eigenvalue weighted by molar-refractivity contribution is 5.95. The van der Waals surface area contributed by atoms with E-state index in [0.29, 0.717) is 16.9 Å². The van der Waals surface area contributed by atoms with Gasteiger partial charge in [0, 0.05) is 29.9 Å². The summed E-state index contributed by atoms with van der Waals surface area (Å²) in [5.74, 6) is -3.30. The Bertz CT molecular complexity index is 878. The monoisotopic (exact) mass is 391 g/mol. The molecule has 1 aromatic heterocycles. The minimum absolute atomic E-state index is 0.119. The van der Waals surface area contributed by atoms with E-state index < -0.39 is 23.7 Å². The summed E-state index contributed by atoms with van der Waals surface area (Å²) in [5.41, 5.74) is 7.15. The van der Waals surface area contributed by atoms with E-state index in [0.717, 1.165) is 6.07 Å². The second-order valence-corrected chi connectivity index (χ2v) is 6.86. The van der Waals surface area contributed by atoms with Crippen molar-refractivity contribution in [3.63, 3.8) is 0 Å². The van der Waals surface area contributed by atoms with Crippen LogP contribution < -0.4 is 15.8 Å². The predicted octanol–water partition coefficient (Wildman–Crippen LogP) is 2.97. The van der Waals surface area contributed by atoms with E-state index in [1.807, 2.05) is 13.8 Å². The van der Waals surface area contributed by atoms with Gasteiger partial charge in [-0.3, -0.25) is 9.78 Å². The zero-order chi connectivity index (χ0) is 20.4. The van der Waals surface area contributed by atoms with Crippen molar-refractivity contribution < 1.29 is 23.0 Å². The number of amides is 1. The van der Waals surface area contributed by atoms with Crippen molar-refractivity contribution in [2.45, 2.75) is 38.5 Å². The number of ether oxygens (including phenoxy) is 2. The number of rotatable bonds is 5. The smallest absolute Gasteiger partial charge is 0.254 e. The normalized spacial score (nSPS) is 24.2. The highest BCUT2D eigenvalue weighted by Gasteiger charge is 2.46. The Balaban J connectivity index is 1.93. The Morgan fingerprint density at radius 2 is 2.07 bits per heavy atom. The number of anilines is 1. The van der Waals surface area contributed by atoms with Gasteiger partial charge in [0.15, 0.2) is 11.6 Å². The molecule has 8 heteroatoms. The van der Waals surface area contributed by atoms with Gasteiger partial charge < -0.3 is 20.5 Å². The van der Waals surface area contributed by atoms with E-state index in [-0.39, 0.29) is 30.2 Å². The van der Waals surface area contributed by atoms with E-state index in [1.54, 1.807) is 18.3 Å². The molecule has 2 heterocycles. The number of carbonyl (C=O) groups is 1. The molecule has 1 fully saturated rings. The number of methoxy groups -OCH3 is 1. The number of nitrogens with one attached hydrogen (secondary N) is 1. The first-order chi connectivity index (χ1) is 13.4. The summed E-state index contributed by atoms with van der Waals surface area (Å²) in [6.45, 7) is 3.99. The van der Waals surface area contributed by atoms with Crippen molar-refractivity contribution in [1.82, 2.24) is 4.98 Å². The summed E-state index contributed by atoms with van der Waals surface area (Å²) in [6.07, 6.45) is 0.405. The third-order valence-electron chi connectivity index (χ3n) is 5.19. The van der Waals surface area contributed by atoms with Gasteiger partial charge in [-0.25, -0.2) is 4.39 Å². The number of benzene rings is 1. The first kappa shape index (κ1) is 20.2. The van der Waals surface area contributed by atoms with Gasteiger partial charge >= 0.3 is 0 Å². The van der Waals surface area contributed by atoms with E-state index in [9.17, 15) is 13.6 Å². The first-order valence-corrected chi connectivity index (χ1v) is 9.00. The van der Waals surface area contributed by atoms with E-state index in [2.05, 4.69) is 10.3 Å². The van der Waals surface area contributed by atoms with Gasteiger partial charge in [0.25, 0.3) is 5.91 Å². The number of hydrogen-bond donors (Lipinski definition) is 2. The molecule has 0 radical (unpaired) electrons. The number of nitrogens with two attached hydrogens (primary N) is 1. The molecule has 1 aromatic carbocycles. The lowest BCUT2D eigenvalue weighted by Gasteiger charge is -2.23. The Morgan fingerprint density at radius 3 is 2.75 bits per heavy atom. The molecule has 3 N–H and O–H groups in total. The second-order valence-electron chi connectivity index (χ2n) is 6.86. The molecule has 4 atom stereocenters. The van der Waals surface area contributed by atoms with Crippen LogP contribution in [0.25, 0.3) is 0 Å². The molecule has 1 aliphatic rings. The molecule has 0 unspecified atom stereocenters. The van der Waals surface area contributed by atoms with Crippen molar-refractivity contribution in [3.05, 3.63) is 53.4 Å². The Hall–Kier alpha value is -2.58. The largest absolute Gasteiger partial charge is 0.493 e. The van der Waals surface area contributed by atoms with Crippen LogP contribution in [0.2, 0.25) is 0 Å². The van der Waals surface area contributed by atoms with Gasteiger partial charge in [-0.2, -0.15) is 4.39 Å². The standard InChI is InChI=1S/C20H23F2N3O3/c1-10-11(2)28-19(20(26)25-12-6-7-24-13(8-12)9-23)16(10)14-4-5-15(21)17(22)18(14)27-3/h4-8,10-11,16,19H,9,23H2,1-3H3,(H,24,25,26)/t10-,11-,16+,19-/m1/s1. The lowest BCUT2D eigenvalue weighted by atomic mass is 9.82. The molecule has 0 aliphatic carbocycles. The van der Waals surface area contributed by atoms with Gasteiger partial charge in [-0.1, -0.05) is 13.0 Å². The van der Waals surface area contributed by atoms with Gasteiger partial charge in [0.2, 0.25) is 5.82 Å². The fraction of sp³-hybridized carbons (Fsp3) is 0.400. The zero-order valence-corrected chi connectivity index (χ0v) is 15.9. The SMILES string of the molecule is COc1c([C@@H]2[C@H](C)[C@@H](C)O[C@H]2C(=O)Nc2ccnc(CN)c2)ccc(F)c1F. The Labute approximate surface area is 162 Å². The lowest BCUT2D eigenvalue weighted by Crippen LogP contribution is -2.33. The second kappa shape index (κ2) is 8.20. The predicted molar refractivity (Wildman–Crippen MR) is 99.9 cm³/mol. The molecule has 0 bridgehead atoms. The molecule has 1 aliphatic heterocycles. The molecule has 2 aromatic rings. The average molecular weight is 391 g/mol. The van der Waals surface area contributed by atoms with Gasteiger partial charge in [0.1, 0.15) is 6.10 Å². The third kappa shape index (κ3) is 3.70. The minimum atomic E-state index is -1.08. The summed E-state index contributed by atoms with van der Waals surface area (Å²) in [7, 11) is 1.27. The molecule has 0 saturated carbocycles. The number of aromatic nitrogens is 1. The molecule has 3 rings (SSSR count). The van der Waals surface area contributed by atoms with Gasteiger partial charge in [-0.15, -0.1) is 0 Å². The van der Waals surface area contributed by atoms with Crippen LogP contribution in [0.1, 0.15) is 31.0 Å². The van der Waals surface area contributed by atoms with Crippen LogP contribution in [0.4, 0.5) is 14.5 Å². The number of pyridine rings is 1. The maximum absolute atomic E-state index is 14.2. The topological polar surface area (TPSA) is 86.5 Å². The highest BCUT2D eigenvalue weighted by Crippen LogP contribution is 2.44. The quantitative estimate of drug-likeness (QED) is 0.818. The van der Waals surface area contributed by atoms with Crippen molar-refractivity contribution in [2.24, 2.45) is 11.7 Å². The van der Waals surface area contributed by atoms with E-state index >= 15 is 0 Å². The van der Waals surface area contributed by atoms with Crippen LogP contribution in [0, 0.1) is 17.6 Å². The Kier molecular flexibility index (Phi) is 5.90. The molecule has 1 amide bonds. The van der Waals surface area contributed by atoms with Crippen LogP contribution in [-0.4, -0.2) is 30.2 Å². The third-order valence-corrected chi connectivity index (χ3v) is 5.19. The summed E-state index contributed by atoms with van der Waals surface area (Å²) in [6, 6.07) is 5.80. The Morgan fingerprint density at radius 1 is 1.32 bits per heavy atom. The van der Waals surface area contributed by atoms with Crippen molar-refractivity contribution in [1.29, 1.82) is 0 Å². The van der Waals surface area contributed by atoms with Crippen LogP contribution in [0.3, 0.4) is 0 Å². The van der Waals surface area contributed by atoms with E-state index in [4.69, 9.17) is 15.2 Å². The molecule has 150 valence electrons. The first-order valence-electron chi connectivity index (χ1n) is 9.00. The summed E-state index contributed by atoms with van der Waals surface area (Å²) >= 11 is 0. The van der Waals surface area contributed by atoms with Crippen molar-refractivity contribution in [3.8, 4) is 5.75 Å². The van der Waals surface area contributed by atoms with Crippen LogP contribution in [0.15, 0.2) is 30.5 Å². The number of nitrogens with zero attached hydrogens (tertiary/aromatic N) is 1. The van der Waals surface area contributed by atoms with Gasteiger partial charge in [0.05, 0.1) is 18.9 Å². The van der Waals surface area contributed by atoms with Crippen molar-refractivity contribution >= 4 is 11.6 Å². The zero-order valence-electron chi connectivity index (χ0n) is 15.9. The number of hydrogen-bond acceptors (Lipinski definition) is 5. The number of halogens is 2. The lowest BCUT2D eigenvalue weighted by molar-refractivity contribution is -0.127. The van der Waals surface area contributed by atoms with Crippen LogP contribution >= 0.6 is 0 Å². The van der Waals surface area contributed by atoms with Crippen LogP contribution in [-0.2, 0) is 16.1 Å². The molecule has 1 saturated heterocycles. The average Bonchev–Trinajstić information content (AvgIpc) is 2.99. The maximum atomic E-state index is 14.2. The molecule has 6 nitrogen and oxygen atoms in total. The summed E-state index contributed by atoms with van der Waals surface area (Å²) < 4.78 is 38.9. The highest BCUT2D eigenvalue weighted by atomic mass is 19.2. The van der Waals surface area contributed by atoms with E-state index in [1.165, 1.54) is 13.2 Å². The molecular weight excluding hydrogens is 368 g/mol.